The molecule has 0 saturated heterocycles. The van der Waals surface area contributed by atoms with E-state index in [2.05, 4.69) is 49.3 Å². The molecule has 0 unspecified atom stereocenters. The van der Waals surface area contributed by atoms with Crippen molar-refractivity contribution in [3.05, 3.63) is 59.7 Å². The lowest BCUT2D eigenvalue weighted by atomic mass is 10.0. The van der Waals surface area contributed by atoms with Gasteiger partial charge in [-0.05, 0) is 63.5 Å². The molecule has 0 aliphatic carbocycles. The Labute approximate surface area is 146 Å². The molecule has 0 spiro atoms. The summed E-state index contributed by atoms with van der Waals surface area (Å²) >= 11 is 0. The maximum absolute atomic E-state index is 6.00. The summed E-state index contributed by atoms with van der Waals surface area (Å²) in [6.07, 6.45) is 2.94. The highest BCUT2D eigenvalue weighted by Crippen LogP contribution is 2.24. The van der Waals surface area contributed by atoms with E-state index in [0.717, 1.165) is 43.9 Å². The zero-order chi connectivity index (χ0) is 17.2. The van der Waals surface area contributed by atoms with Crippen LogP contribution in [0.5, 0.6) is 11.5 Å². The first-order valence-corrected chi connectivity index (χ1v) is 8.77. The van der Waals surface area contributed by atoms with Gasteiger partial charge in [0.25, 0.3) is 0 Å². The number of rotatable bonds is 10. The van der Waals surface area contributed by atoms with Gasteiger partial charge >= 0.3 is 0 Å². The van der Waals surface area contributed by atoms with Crippen LogP contribution in [0.15, 0.2) is 48.5 Å². The molecular weight excluding hydrogens is 298 g/mol. The van der Waals surface area contributed by atoms with Crippen molar-refractivity contribution in [2.45, 2.75) is 26.2 Å². The summed E-state index contributed by atoms with van der Waals surface area (Å²) in [6.45, 7) is 4.52. The van der Waals surface area contributed by atoms with Gasteiger partial charge in [-0.1, -0.05) is 36.4 Å². The predicted molar refractivity (Wildman–Crippen MR) is 100 cm³/mol. The molecule has 2 aromatic carbocycles. The van der Waals surface area contributed by atoms with Crippen LogP contribution in [-0.2, 0) is 12.8 Å². The summed E-state index contributed by atoms with van der Waals surface area (Å²) in [5, 5.41) is 0. The summed E-state index contributed by atoms with van der Waals surface area (Å²) in [7, 11) is 4.17. The number of nitrogens with zero attached hydrogens (tertiary/aromatic N) is 1. The second-order valence-corrected chi connectivity index (χ2v) is 6.15. The third-order valence-corrected chi connectivity index (χ3v) is 3.92. The van der Waals surface area contributed by atoms with E-state index in [1.165, 1.54) is 11.1 Å². The van der Waals surface area contributed by atoms with Crippen molar-refractivity contribution < 1.29 is 9.47 Å². The fraction of sp³-hybridized carbons (Fsp3) is 0.429. The number of ether oxygens (including phenoxy) is 2. The second-order valence-electron chi connectivity index (χ2n) is 6.15. The lowest BCUT2D eigenvalue weighted by molar-refractivity contribution is 0.279. The topological polar surface area (TPSA) is 21.7 Å². The summed E-state index contributed by atoms with van der Waals surface area (Å²) in [6, 6.07) is 16.6. The highest BCUT2D eigenvalue weighted by atomic mass is 16.5. The Morgan fingerprint density at radius 2 is 1.33 bits per heavy atom. The van der Waals surface area contributed by atoms with E-state index in [1.807, 2.05) is 25.1 Å². The first kappa shape index (κ1) is 18.3. The minimum absolute atomic E-state index is 0.697. The molecule has 130 valence electrons. The minimum atomic E-state index is 0.697. The van der Waals surface area contributed by atoms with Crippen LogP contribution in [0.3, 0.4) is 0 Å². The van der Waals surface area contributed by atoms with Gasteiger partial charge in [-0.15, -0.1) is 0 Å². The average molecular weight is 327 g/mol. The van der Waals surface area contributed by atoms with Crippen LogP contribution in [-0.4, -0.2) is 38.8 Å². The van der Waals surface area contributed by atoms with Gasteiger partial charge in [0.05, 0.1) is 13.2 Å². The van der Waals surface area contributed by atoms with Gasteiger partial charge in [0.2, 0.25) is 0 Å². The van der Waals surface area contributed by atoms with Crippen molar-refractivity contribution in [3.8, 4) is 11.5 Å². The van der Waals surface area contributed by atoms with E-state index >= 15 is 0 Å². The number of hydrogen-bond acceptors (Lipinski definition) is 3. The lowest BCUT2D eigenvalue weighted by Gasteiger charge is -2.14. The van der Waals surface area contributed by atoms with E-state index in [1.54, 1.807) is 0 Å². The van der Waals surface area contributed by atoms with E-state index in [0.29, 0.717) is 6.61 Å². The molecule has 24 heavy (non-hydrogen) atoms. The van der Waals surface area contributed by atoms with Gasteiger partial charge < -0.3 is 14.4 Å². The maximum Gasteiger partial charge on any atom is 0.122 e. The molecule has 0 aromatic heterocycles. The van der Waals surface area contributed by atoms with Gasteiger partial charge in [0.15, 0.2) is 0 Å². The molecule has 0 atom stereocenters. The largest absolute Gasteiger partial charge is 0.494 e. The van der Waals surface area contributed by atoms with Gasteiger partial charge in [0.1, 0.15) is 11.5 Å². The Bertz CT molecular complexity index is 610. The molecule has 0 amide bonds. The Hall–Kier alpha value is -2.00. The standard InChI is InChI=1S/C21H29NO2/c1-4-23-20-12-7-5-10-18(20)14-15-19-11-6-8-13-21(19)24-17-9-16-22(2)3/h5-8,10-13H,4,9,14-17H2,1-3H3. The highest BCUT2D eigenvalue weighted by Gasteiger charge is 2.07. The zero-order valence-electron chi connectivity index (χ0n) is 15.1. The highest BCUT2D eigenvalue weighted by molar-refractivity contribution is 5.37. The van der Waals surface area contributed by atoms with Crippen molar-refractivity contribution >= 4 is 0 Å². The third-order valence-electron chi connectivity index (χ3n) is 3.92. The summed E-state index contributed by atoms with van der Waals surface area (Å²) in [5.41, 5.74) is 2.51. The number of para-hydroxylation sites is 2. The van der Waals surface area contributed by atoms with Crippen LogP contribution >= 0.6 is 0 Å². The van der Waals surface area contributed by atoms with Crippen molar-refractivity contribution in [3.63, 3.8) is 0 Å². The smallest absolute Gasteiger partial charge is 0.122 e. The number of hydrogen-bond donors (Lipinski definition) is 0. The third kappa shape index (κ3) is 5.89. The van der Waals surface area contributed by atoms with Crippen molar-refractivity contribution in [1.82, 2.24) is 4.90 Å². The molecule has 0 fully saturated rings. The first-order valence-electron chi connectivity index (χ1n) is 8.77. The van der Waals surface area contributed by atoms with E-state index < -0.39 is 0 Å². The average Bonchev–Trinajstić information content (AvgIpc) is 2.59. The van der Waals surface area contributed by atoms with Crippen molar-refractivity contribution in [1.29, 1.82) is 0 Å². The Kier molecular flexibility index (Phi) is 7.63. The Morgan fingerprint density at radius 3 is 1.88 bits per heavy atom. The predicted octanol–water partition coefficient (Wildman–Crippen LogP) is 4.20. The second kappa shape index (κ2) is 9.99. The molecule has 2 rings (SSSR count). The van der Waals surface area contributed by atoms with Crippen molar-refractivity contribution in [2.24, 2.45) is 0 Å². The fourth-order valence-electron chi connectivity index (χ4n) is 2.69. The van der Waals surface area contributed by atoms with E-state index in [9.17, 15) is 0 Å². The number of aryl methyl sites for hydroxylation is 2. The Morgan fingerprint density at radius 1 is 0.792 bits per heavy atom. The summed E-state index contributed by atoms with van der Waals surface area (Å²) < 4.78 is 11.7. The molecular formula is C21H29NO2. The molecule has 3 heteroatoms. The van der Waals surface area contributed by atoms with Crippen LogP contribution in [0.25, 0.3) is 0 Å². The zero-order valence-corrected chi connectivity index (χ0v) is 15.1. The van der Waals surface area contributed by atoms with Gasteiger partial charge in [-0.3, -0.25) is 0 Å². The van der Waals surface area contributed by atoms with Crippen LogP contribution in [0, 0.1) is 0 Å². The van der Waals surface area contributed by atoms with Crippen LogP contribution in [0.4, 0.5) is 0 Å². The van der Waals surface area contributed by atoms with Crippen LogP contribution in [0.1, 0.15) is 24.5 Å². The SMILES string of the molecule is CCOc1ccccc1CCc1ccccc1OCCCN(C)C. The summed E-state index contributed by atoms with van der Waals surface area (Å²) in [4.78, 5) is 2.18. The molecule has 3 nitrogen and oxygen atoms in total. The molecule has 0 bridgehead atoms. The van der Waals surface area contributed by atoms with E-state index in [-0.39, 0.29) is 0 Å². The monoisotopic (exact) mass is 327 g/mol. The molecule has 2 aromatic rings. The van der Waals surface area contributed by atoms with Crippen LogP contribution in [0.2, 0.25) is 0 Å². The molecule has 0 aliphatic rings. The van der Waals surface area contributed by atoms with Gasteiger partial charge in [-0.25, -0.2) is 0 Å². The molecule has 0 heterocycles. The quantitative estimate of drug-likeness (QED) is 0.610. The number of benzene rings is 2. The molecule has 0 radical (unpaired) electrons. The van der Waals surface area contributed by atoms with Crippen molar-refractivity contribution in [2.75, 3.05) is 33.9 Å². The van der Waals surface area contributed by atoms with Crippen LogP contribution < -0.4 is 9.47 Å². The Balaban J connectivity index is 1.95. The maximum atomic E-state index is 6.00. The summed E-state index contributed by atoms with van der Waals surface area (Å²) in [5.74, 6) is 1.99. The lowest BCUT2D eigenvalue weighted by Crippen LogP contribution is -2.15. The van der Waals surface area contributed by atoms with Gasteiger partial charge in [0, 0.05) is 6.54 Å². The first-order chi connectivity index (χ1) is 11.7. The minimum Gasteiger partial charge on any atom is -0.494 e. The molecule has 0 saturated carbocycles. The normalized spacial score (nSPS) is 10.8. The van der Waals surface area contributed by atoms with E-state index in [4.69, 9.17) is 9.47 Å². The molecule has 0 N–H and O–H groups in total. The van der Waals surface area contributed by atoms with Gasteiger partial charge in [-0.2, -0.15) is 0 Å². The fourth-order valence-corrected chi connectivity index (χ4v) is 2.69. The molecule has 0 aliphatic heterocycles.